The highest BCUT2D eigenvalue weighted by atomic mass is 16.4. The van der Waals surface area contributed by atoms with Crippen molar-refractivity contribution in [3.63, 3.8) is 0 Å². The summed E-state index contributed by atoms with van der Waals surface area (Å²) in [4.78, 5) is 0. The second-order valence-electron chi connectivity index (χ2n) is 22.7. The molecule has 0 aliphatic carbocycles. The van der Waals surface area contributed by atoms with Crippen molar-refractivity contribution in [2.75, 3.05) is 0 Å². The second-order valence-corrected chi connectivity index (χ2v) is 22.7. The maximum absolute atomic E-state index is 13.6. The average Bonchev–Trinajstić information content (AvgIpc) is 2.79. The predicted octanol–water partition coefficient (Wildman–Crippen LogP) is 5.40. The molecule has 8 N–H and O–H groups in total. The lowest BCUT2D eigenvalue weighted by Crippen LogP contribution is -2.74. The monoisotopic (exact) mass is 679 g/mol. The van der Waals surface area contributed by atoms with Crippen LogP contribution in [-0.4, -0.2) is 88.1 Å². The van der Waals surface area contributed by atoms with Gasteiger partial charge in [-0.3, -0.25) is 0 Å². The van der Waals surface area contributed by atoms with E-state index in [-0.39, 0.29) is 68.0 Å². The Kier molecular flexibility index (Phi) is 10.2. The van der Waals surface area contributed by atoms with Gasteiger partial charge in [0.2, 0.25) is 0 Å². The van der Waals surface area contributed by atoms with Crippen molar-refractivity contribution < 1.29 is 20.4 Å². The van der Waals surface area contributed by atoms with Crippen LogP contribution in [0.4, 0.5) is 0 Å². The van der Waals surface area contributed by atoms with E-state index in [9.17, 15) is 20.4 Å². The molecule has 0 radical (unpaired) electrons. The van der Waals surface area contributed by atoms with E-state index < -0.39 is 23.4 Å². The van der Waals surface area contributed by atoms with Crippen molar-refractivity contribution in [1.82, 2.24) is 21.3 Å². The molecule has 8 nitrogen and oxygen atoms in total. The molecule has 4 fully saturated rings. The zero-order valence-electron chi connectivity index (χ0n) is 33.9. The number of aliphatic hydroxyl groups excluding tert-OH is 2. The maximum atomic E-state index is 13.6. The van der Waals surface area contributed by atoms with Crippen LogP contribution in [0.25, 0.3) is 0 Å². The zero-order valence-corrected chi connectivity index (χ0v) is 33.9. The van der Waals surface area contributed by atoms with E-state index in [0.29, 0.717) is 51.4 Å². The lowest BCUT2D eigenvalue weighted by Gasteiger charge is -2.62. The largest absolute Gasteiger partial charge is 0.387 e. The van der Waals surface area contributed by atoms with Crippen molar-refractivity contribution in [3.05, 3.63) is 0 Å². The molecular formula is C40H78N4O4. The van der Waals surface area contributed by atoms with Crippen molar-refractivity contribution in [1.29, 1.82) is 0 Å². The topological polar surface area (TPSA) is 129 Å². The van der Waals surface area contributed by atoms with Crippen LogP contribution in [-0.2, 0) is 0 Å². The molecule has 4 aliphatic heterocycles. The second kappa shape index (κ2) is 12.1. The van der Waals surface area contributed by atoms with E-state index in [4.69, 9.17) is 0 Å². The minimum absolute atomic E-state index is 0.286. The number of rotatable bonds is 7. The summed E-state index contributed by atoms with van der Waals surface area (Å²) in [6.45, 7) is 34.8. The molecule has 4 saturated heterocycles. The number of piperidine rings is 4. The molecule has 48 heavy (non-hydrogen) atoms. The molecule has 4 rings (SSSR count). The molecule has 0 aromatic rings. The Bertz CT molecular complexity index is 942. The van der Waals surface area contributed by atoms with Crippen LogP contribution in [0.15, 0.2) is 0 Å². The molecule has 0 spiro atoms. The summed E-state index contributed by atoms with van der Waals surface area (Å²) in [5.41, 5.74) is -5.57. The van der Waals surface area contributed by atoms with Crippen molar-refractivity contribution >= 4 is 0 Å². The Morgan fingerprint density at radius 3 is 0.604 bits per heavy atom. The van der Waals surface area contributed by atoms with Crippen molar-refractivity contribution in [3.8, 4) is 0 Å². The lowest BCUT2D eigenvalue weighted by molar-refractivity contribution is -0.264. The number of hydrogen-bond acceptors (Lipinski definition) is 8. The summed E-state index contributed by atoms with van der Waals surface area (Å²) >= 11 is 0. The normalized spacial score (nSPS) is 32.0. The first-order valence-corrected chi connectivity index (χ1v) is 19.1. The summed E-state index contributed by atoms with van der Waals surface area (Å²) < 4.78 is 0. The van der Waals surface area contributed by atoms with Gasteiger partial charge in [0, 0.05) is 44.3 Å². The highest BCUT2D eigenvalue weighted by molar-refractivity contribution is 5.18. The molecule has 0 bridgehead atoms. The van der Waals surface area contributed by atoms with Gasteiger partial charge in [-0.2, -0.15) is 0 Å². The van der Waals surface area contributed by atoms with Crippen LogP contribution in [0, 0.1) is 23.7 Å². The van der Waals surface area contributed by atoms with Crippen LogP contribution in [0.1, 0.15) is 162 Å². The van der Waals surface area contributed by atoms with E-state index in [0.717, 1.165) is 0 Å². The molecule has 2 atom stereocenters. The van der Waals surface area contributed by atoms with Crippen LogP contribution < -0.4 is 21.3 Å². The average molecular weight is 679 g/mol. The van der Waals surface area contributed by atoms with E-state index in [2.05, 4.69) is 132 Å². The molecule has 0 aromatic heterocycles. The van der Waals surface area contributed by atoms with Crippen LogP contribution in [0.5, 0.6) is 0 Å². The third-order valence-corrected chi connectivity index (χ3v) is 12.6. The Hall–Kier alpha value is -0.320. The van der Waals surface area contributed by atoms with Gasteiger partial charge in [-0.05, 0) is 186 Å². The Morgan fingerprint density at radius 2 is 0.479 bits per heavy atom. The fraction of sp³-hybridized carbons (Fsp3) is 1.00. The Morgan fingerprint density at radius 1 is 0.354 bits per heavy atom. The summed E-state index contributed by atoms with van der Waals surface area (Å²) in [7, 11) is 0. The summed E-state index contributed by atoms with van der Waals surface area (Å²) in [5, 5.41) is 68.3. The minimum atomic E-state index is -1.64. The molecule has 2 unspecified atom stereocenters. The first-order valence-electron chi connectivity index (χ1n) is 19.1. The summed E-state index contributed by atoms with van der Waals surface area (Å²) in [6.07, 6.45) is 2.13. The van der Waals surface area contributed by atoms with E-state index >= 15 is 0 Å². The van der Waals surface area contributed by atoms with E-state index in [1.54, 1.807) is 0 Å². The van der Waals surface area contributed by atoms with Gasteiger partial charge in [0.05, 0.1) is 11.2 Å². The highest BCUT2D eigenvalue weighted by Gasteiger charge is 2.64. The van der Waals surface area contributed by atoms with Gasteiger partial charge >= 0.3 is 0 Å². The molecule has 8 heteroatoms. The SMILES string of the molecule is CC1(C)CC(C(O)(C2CC(C)(C)NC(C)(C)C2)C(O)C(O)C(O)(C2CC(C)(C)NC(C)(C)C2)C2CC(C)(C)NC(C)(C)C2)CC(C)(C)N1. The van der Waals surface area contributed by atoms with Crippen molar-refractivity contribution in [2.45, 2.75) is 230 Å². The third kappa shape index (κ3) is 8.48. The highest BCUT2D eigenvalue weighted by Crippen LogP contribution is 2.54. The standard InChI is InChI=1S/C40H78N4O4/c1-31(2)17-25(18-32(3,4)41-31)39(47,26-19-33(5,6)42-34(7,8)20-26)29(45)30(46)40(48,27-21-35(9,10)43-36(11,12)22-27)28-23-37(13,14)44-38(15,16)24-28/h25-30,41-48H,17-24H2,1-16H3. The van der Waals surface area contributed by atoms with E-state index in [1.807, 2.05) is 0 Å². The fourth-order valence-electron chi connectivity index (χ4n) is 12.7. The smallest absolute Gasteiger partial charge is 0.112 e. The first kappa shape index (κ1) is 40.5. The fourth-order valence-corrected chi connectivity index (χ4v) is 12.7. The van der Waals surface area contributed by atoms with Gasteiger partial charge in [-0.1, -0.05) is 0 Å². The molecule has 4 heterocycles. The lowest BCUT2D eigenvalue weighted by atomic mass is 9.53. The Labute approximate surface area is 294 Å². The van der Waals surface area contributed by atoms with E-state index in [1.165, 1.54) is 0 Å². The number of hydrogen-bond donors (Lipinski definition) is 8. The summed E-state index contributed by atoms with van der Waals surface area (Å²) in [6, 6.07) is 0. The molecular weight excluding hydrogens is 600 g/mol. The number of aliphatic hydroxyl groups is 4. The van der Waals surface area contributed by atoms with Gasteiger partial charge in [0.25, 0.3) is 0 Å². The molecule has 0 saturated carbocycles. The van der Waals surface area contributed by atoms with Crippen LogP contribution in [0.2, 0.25) is 0 Å². The van der Waals surface area contributed by atoms with Gasteiger partial charge in [0.15, 0.2) is 0 Å². The Balaban J connectivity index is 1.91. The third-order valence-electron chi connectivity index (χ3n) is 12.6. The predicted molar refractivity (Wildman–Crippen MR) is 198 cm³/mol. The molecule has 0 amide bonds. The minimum Gasteiger partial charge on any atom is -0.387 e. The van der Waals surface area contributed by atoms with Gasteiger partial charge < -0.3 is 41.7 Å². The molecule has 282 valence electrons. The van der Waals surface area contributed by atoms with Crippen molar-refractivity contribution in [2.24, 2.45) is 23.7 Å². The zero-order chi connectivity index (χ0) is 36.9. The molecule has 4 aliphatic rings. The molecule has 0 aromatic carbocycles. The first-order chi connectivity index (χ1) is 21.1. The van der Waals surface area contributed by atoms with Crippen LogP contribution >= 0.6 is 0 Å². The maximum Gasteiger partial charge on any atom is 0.112 e. The quantitative estimate of drug-likeness (QED) is 0.180. The van der Waals surface area contributed by atoms with Gasteiger partial charge in [-0.15, -0.1) is 0 Å². The van der Waals surface area contributed by atoms with Gasteiger partial charge in [-0.25, -0.2) is 0 Å². The number of nitrogens with one attached hydrogen (secondary N) is 4. The van der Waals surface area contributed by atoms with Crippen LogP contribution in [0.3, 0.4) is 0 Å². The summed E-state index contributed by atoms with van der Waals surface area (Å²) in [5.74, 6) is -1.19. The van der Waals surface area contributed by atoms with Gasteiger partial charge in [0.1, 0.15) is 12.2 Å².